The van der Waals surface area contributed by atoms with Crippen molar-refractivity contribution in [3.63, 3.8) is 0 Å². The summed E-state index contributed by atoms with van der Waals surface area (Å²) in [6, 6.07) is 13.9. The lowest BCUT2D eigenvalue weighted by atomic mass is 10.2. The van der Waals surface area contributed by atoms with Gasteiger partial charge in [0.2, 0.25) is 0 Å². The fourth-order valence-corrected chi connectivity index (χ4v) is 3.08. The zero-order chi connectivity index (χ0) is 17.6. The Morgan fingerprint density at radius 1 is 1.04 bits per heavy atom. The van der Waals surface area contributed by atoms with Crippen molar-refractivity contribution in [2.45, 2.75) is 0 Å². The van der Waals surface area contributed by atoms with Crippen molar-refractivity contribution in [2.24, 2.45) is 0 Å². The maximum absolute atomic E-state index is 13.6. The van der Waals surface area contributed by atoms with E-state index in [-0.39, 0.29) is 11.5 Å². The zero-order valence-electron chi connectivity index (χ0n) is 13.9. The first-order valence-electron chi connectivity index (χ1n) is 8.39. The van der Waals surface area contributed by atoms with Crippen molar-refractivity contribution in [2.75, 3.05) is 44.2 Å². The van der Waals surface area contributed by atoms with Crippen molar-refractivity contribution in [1.29, 1.82) is 0 Å². The second-order valence-corrected chi connectivity index (χ2v) is 6.48. The molecular formula is C19H21ClFN3O. The molecule has 132 valence electrons. The van der Waals surface area contributed by atoms with Gasteiger partial charge in [-0.15, -0.1) is 0 Å². The lowest BCUT2D eigenvalue weighted by Gasteiger charge is -2.36. The standard InChI is InChI=1S/C19H21ClFN3O/c20-15-5-7-16(8-6-15)24-13-11-23(12-14-24)10-9-22-19(25)17-3-1-2-4-18(17)21/h1-8H,9-14H2,(H,22,25). The Balaban J connectivity index is 1.41. The molecule has 2 aromatic rings. The lowest BCUT2D eigenvalue weighted by molar-refractivity contribution is 0.0944. The van der Waals surface area contributed by atoms with Gasteiger partial charge in [-0.25, -0.2) is 4.39 Å². The number of benzene rings is 2. The molecule has 0 atom stereocenters. The van der Waals surface area contributed by atoms with Crippen LogP contribution in [0.1, 0.15) is 10.4 Å². The highest BCUT2D eigenvalue weighted by Gasteiger charge is 2.17. The van der Waals surface area contributed by atoms with Gasteiger partial charge in [0.15, 0.2) is 0 Å². The number of amides is 1. The third-order valence-electron chi connectivity index (χ3n) is 4.40. The number of piperazine rings is 1. The summed E-state index contributed by atoms with van der Waals surface area (Å²) in [5.74, 6) is -0.852. The van der Waals surface area contributed by atoms with E-state index in [9.17, 15) is 9.18 Å². The van der Waals surface area contributed by atoms with Crippen molar-refractivity contribution in [3.05, 3.63) is 64.9 Å². The number of halogens is 2. The van der Waals surface area contributed by atoms with Gasteiger partial charge in [0.1, 0.15) is 5.82 Å². The summed E-state index contributed by atoms with van der Waals surface area (Å²) >= 11 is 5.93. The van der Waals surface area contributed by atoms with Crippen molar-refractivity contribution < 1.29 is 9.18 Å². The van der Waals surface area contributed by atoms with Crippen LogP contribution in [0.25, 0.3) is 0 Å². The smallest absolute Gasteiger partial charge is 0.254 e. The molecule has 0 aliphatic carbocycles. The van der Waals surface area contributed by atoms with Crippen LogP contribution in [0.5, 0.6) is 0 Å². The van der Waals surface area contributed by atoms with E-state index in [4.69, 9.17) is 11.6 Å². The van der Waals surface area contributed by atoms with Crippen molar-refractivity contribution in [3.8, 4) is 0 Å². The topological polar surface area (TPSA) is 35.6 Å². The predicted octanol–water partition coefficient (Wildman–Crippen LogP) is 3.03. The molecule has 3 rings (SSSR count). The highest BCUT2D eigenvalue weighted by Crippen LogP contribution is 2.19. The van der Waals surface area contributed by atoms with Crippen LogP contribution in [0.4, 0.5) is 10.1 Å². The highest BCUT2D eigenvalue weighted by molar-refractivity contribution is 6.30. The first-order chi connectivity index (χ1) is 12.1. The number of anilines is 1. The van der Waals surface area contributed by atoms with E-state index in [0.29, 0.717) is 6.54 Å². The number of hydrogen-bond acceptors (Lipinski definition) is 3. The van der Waals surface area contributed by atoms with E-state index in [2.05, 4.69) is 15.1 Å². The second-order valence-electron chi connectivity index (χ2n) is 6.04. The first-order valence-corrected chi connectivity index (χ1v) is 8.77. The van der Waals surface area contributed by atoms with Gasteiger partial charge in [-0.2, -0.15) is 0 Å². The van der Waals surface area contributed by atoms with Gasteiger partial charge in [-0.1, -0.05) is 23.7 Å². The van der Waals surface area contributed by atoms with Gasteiger partial charge in [0.05, 0.1) is 5.56 Å². The first kappa shape index (κ1) is 17.7. The van der Waals surface area contributed by atoms with Gasteiger partial charge >= 0.3 is 0 Å². The van der Waals surface area contributed by atoms with Crippen molar-refractivity contribution in [1.82, 2.24) is 10.2 Å². The molecule has 1 saturated heterocycles. The zero-order valence-corrected chi connectivity index (χ0v) is 14.7. The number of nitrogens with one attached hydrogen (secondary N) is 1. The van der Waals surface area contributed by atoms with Crippen molar-refractivity contribution >= 4 is 23.2 Å². The average molecular weight is 362 g/mol. The minimum atomic E-state index is -0.489. The third kappa shape index (κ3) is 4.71. The molecule has 0 aromatic heterocycles. The summed E-state index contributed by atoms with van der Waals surface area (Å²) in [7, 11) is 0. The SMILES string of the molecule is O=C(NCCN1CCN(c2ccc(Cl)cc2)CC1)c1ccccc1F. The van der Waals surface area contributed by atoms with E-state index >= 15 is 0 Å². The van der Waals surface area contributed by atoms with Crippen LogP contribution in [0, 0.1) is 5.82 Å². The molecule has 0 radical (unpaired) electrons. The van der Waals surface area contributed by atoms with Gasteiger partial charge in [0, 0.05) is 50.0 Å². The van der Waals surface area contributed by atoms with Gasteiger partial charge in [0.25, 0.3) is 5.91 Å². The van der Waals surface area contributed by atoms with Crippen LogP contribution in [0.2, 0.25) is 5.02 Å². The van der Waals surface area contributed by atoms with Crippen LogP contribution < -0.4 is 10.2 Å². The molecule has 0 bridgehead atoms. The van der Waals surface area contributed by atoms with Crippen LogP contribution in [0.3, 0.4) is 0 Å². The molecule has 4 nitrogen and oxygen atoms in total. The summed E-state index contributed by atoms with van der Waals surface area (Å²) < 4.78 is 13.6. The number of carbonyl (C=O) groups excluding carboxylic acids is 1. The average Bonchev–Trinajstić information content (AvgIpc) is 2.63. The molecule has 1 aliphatic rings. The Hall–Kier alpha value is -2.11. The summed E-state index contributed by atoms with van der Waals surface area (Å²) in [5, 5.41) is 3.53. The molecule has 1 heterocycles. The Morgan fingerprint density at radius 2 is 1.72 bits per heavy atom. The number of carbonyl (C=O) groups is 1. The molecule has 0 spiro atoms. The molecule has 1 aliphatic heterocycles. The summed E-state index contributed by atoms with van der Waals surface area (Å²) in [6.45, 7) is 4.99. The fourth-order valence-electron chi connectivity index (χ4n) is 2.95. The van der Waals surface area contributed by atoms with E-state index in [1.54, 1.807) is 12.1 Å². The quantitative estimate of drug-likeness (QED) is 0.889. The highest BCUT2D eigenvalue weighted by atomic mass is 35.5. The molecule has 1 amide bonds. The minimum absolute atomic E-state index is 0.0926. The molecule has 1 fully saturated rings. The van der Waals surface area contributed by atoms with E-state index in [1.165, 1.54) is 17.8 Å². The van der Waals surface area contributed by atoms with Gasteiger partial charge in [-0.05, 0) is 36.4 Å². The van der Waals surface area contributed by atoms with E-state index < -0.39 is 5.82 Å². The molecule has 6 heteroatoms. The monoisotopic (exact) mass is 361 g/mol. The Labute approximate surface area is 152 Å². The summed E-state index contributed by atoms with van der Waals surface area (Å²) in [6.07, 6.45) is 0. The normalized spacial score (nSPS) is 15.2. The molecule has 0 saturated carbocycles. The Morgan fingerprint density at radius 3 is 2.40 bits per heavy atom. The fraction of sp³-hybridized carbons (Fsp3) is 0.316. The van der Waals surface area contributed by atoms with Crippen LogP contribution >= 0.6 is 11.6 Å². The largest absolute Gasteiger partial charge is 0.369 e. The number of rotatable bonds is 5. The molecule has 25 heavy (non-hydrogen) atoms. The molecule has 2 aromatic carbocycles. The maximum Gasteiger partial charge on any atom is 0.254 e. The number of hydrogen-bond donors (Lipinski definition) is 1. The Bertz CT molecular complexity index is 715. The van der Waals surface area contributed by atoms with Gasteiger partial charge in [-0.3, -0.25) is 9.69 Å². The summed E-state index contributed by atoms with van der Waals surface area (Å²) in [5.41, 5.74) is 1.27. The minimum Gasteiger partial charge on any atom is -0.369 e. The Kier molecular flexibility index (Phi) is 5.89. The van der Waals surface area contributed by atoms with Crippen LogP contribution in [-0.4, -0.2) is 50.1 Å². The second kappa shape index (κ2) is 8.32. The van der Waals surface area contributed by atoms with Crippen LogP contribution in [0.15, 0.2) is 48.5 Å². The van der Waals surface area contributed by atoms with Gasteiger partial charge < -0.3 is 10.2 Å². The lowest BCUT2D eigenvalue weighted by Crippen LogP contribution is -2.48. The third-order valence-corrected chi connectivity index (χ3v) is 4.65. The summed E-state index contributed by atoms with van der Waals surface area (Å²) in [4.78, 5) is 16.6. The number of nitrogens with zero attached hydrogens (tertiary/aromatic N) is 2. The maximum atomic E-state index is 13.6. The van der Waals surface area contributed by atoms with Crippen LogP contribution in [-0.2, 0) is 0 Å². The van der Waals surface area contributed by atoms with E-state index in [0.717, 1.165) is 37.7 Å². The molecule has 1 N–H and O–H groups in total. The predicted molar refractivity (Wildman–Crippen MR) is 98.8 cm³/mol. The molecule has 0 unspecified atom stereocenters. The van der Waals surface area contributed by atoms with E-state index in [1.807, 2.05) is 24.3 Å². The molecular weight excluding hydrogens is 341 g/mol.